The Morgan fingerprint density at radius 2 is 2.10 bits per heavy atom. The van der Waals surface area contributed by atoms with Crippen molar-refractivity contribution < 1.29 is 14.3 Å². The summed E-state index contributed by atoms with van der Waals surface area (Å²) < 4.78 is 5.55. The Morgan fingerprint density at radius 1 is 1.38 bits per heavy atom. The summed E-state index contributed by atoms with van der Waals surface area (Å²) in [6, 6.07) is 5.36. The molecule has 114 valence electrons. The quantitative estimate of drug-likeness (QED) is 0.911. The zero-order valence-electron chi connectivity index (χ0n) is 13.0. The average Bonchev–Trinajstić information content (AvgIpc) is 2.49. The van der Waals surface area contributed by atoms with Crippen LogP contribution in [0.15, 0.2) is 18.2 Å². The molecular weight excluding hydrogens is 268 g/mol. The van der Waals surface area contributed by atoms with E-state index in [1.165, 1.54) is 0 Å². The molecule has 0 saturated carbocycles. The number of rotatable bonds is 2. The van der Waals surface area contributed by atoms with Gasteiger partial charge in [0, 0.05) is 19.2 Å². The molecule has 1 N–H and O–H groups in total. The molecule has 0 unspecified atom stereocenters. The first-order chi connectivity index (χ1) is 9.76. The highest BCUT2D eigenvalue weighted by Gasteiger charge is 2.21. The second kappa shape index (κ2) is 5.76. The van der Waals surface area contributed by atoms with Crippen molar-refractivity contribution in [2.45, 2.75) is 33.6 Å². The van der Waals surface area contributed by atoms with Crippen LogP contribution in [0.5, 0.6) is 5.75 Å². The monoisotopic (exact) mass is 290 g/mol. The van der Waals surface area contributed by atoms with Gasteiger partial charge in [-0.3, -0.25) is 9.59 Å². The van der Waals surface area contributed by atoms with Crippen molar-refractivity contribution in [2.24, 2.45) is 5.41 Å². The molecule has 1 aromatic carbocycles. The Kier molecular flexibility index (Phi) is 4.21. The second-order valence-electron chi connectivity index (χ2n) is 6.52. The summed E-state index contributed by atoms with van der Waals surface area (Å²) in [4.78, 5) is 25.4. The Labute approximate surface area is 125 Å². The summed E-state index contributed by atoms with van der Waals surface area (Å²) in [7, 11) is 1.72. The molecule has 0 spiro atoms. The molecule has 0 radical (unpaired) electrons. The second-order valence-corrected chi connectivity index (χ2v) is 6.52. The number of anilines is 2. The number of carbonyl (C=O) groups excluding carboxylic acids is 2. The maximum Gasteiger partial charge on any atom is 0.230 e. The van der Waals surface area contributed by atoms with Crippen molar-refractivity contribution in [3.05, 3.63) is 18.2 Å². The third kappa shape index (κ3) is 3.97. The summed E-state index contributed by atoms with van der Waals surface area (Å²) >= 11 is 0. The third-order valence-electron chi connectivity index (χ3n) is 3.24. The van der Waals surface area contributed by atoms with Gasteiger partial charge in [0.2, 0.25) is 11.8 Å². The van der Waals surface area contributed by atoms with Crippen LogP contribution in [0.2, 0.25) is 0 Å². The third-order valence-corrected chi connectivity index (χ3v) is 3.24. The maximum absolute atomic E-state index is 12.0. The minimum absolute atomic E-state index is 0.00641. The van der Waals surface area contributed by atoms with Crippen LogP contribution in [0.3, 0.4) is 0 Å². The molecule has 1 aromatic rings. The van der Waals surface area contributed by atoms with Crippen LogP contribution in [0, 0.1) is 5.41 Å². The molecule has 1 heterocycles. The van der Waals surface area contributed by atoms with E-state index in [1.54, 1.807) is 30.1 Å². The number of nitrogens with one attached hydrogen (secondary N) is 1. The van der Waals surface area contributed by atoms with Gasteiger partial charge in [-0.1, -0.05) is 20.8 Å². The summed E-state index contributed by atoms with van der Waals surface area (Å²) in [5.41, 5.74) is 1.30. The largest absolute Gasteiger partial charge is 0.491 e. The van der Waals surface area contributed by atoms with E-state index in [2.05, 4.69) is 5.32 Å². The van der Waals surface area contributed by atoms with Gasteiger partial charge in [-0.2, -0.15) is 0 Å². The van der Waals surface area contributed by atoms with Crippen LogP contribution in [-0.2, 0) is 9.59 Å². The minimum atomic E-state index is -0.0638. The Balaban J connectivity index is 2.18. The van der Waals surface area contributed by atoms with Gasteiger partial charge in [-0.05, 0) is 23.6 Å². The minimum Gasteiger partial charge on any atom is -0.491 e. The SMILES string of the molecule is CN1C(=O)CCOc2ccc(NC(=O)CC(C)(C)C)cc21. The molecule has 2 rings (SSSR count). The van der Waals surface area contributed by atoms with Crippen molar-refractivity contribution in [1.29, 1.82) is 0 Å². The average molecular weight is 290 g/mol. The van der Waals surface area contributed by atoms with Gasteiger partial charge < -0.3 is 15.0 Å². The lowest BCUT2D eigenvalue weighted by molar-refractivity contribution is -0.119. The Hall–Kier alpha value is -2.04. The summed E-state index contributed by atoms with van der Waals surface area (Å²) in [5, 5.41) is 2.87. The van der Waals surface area contributed by atoms with Crippen molar-refractivity contribution in [1.82, 2.24) is 0 Å². The van der Waals surface area contributed by atoms with Gasteiger partial charge in [0.25, 0.3) is 0 Å². The lowest BCUT2D eigenvalue weighted by Gasteiger charge is -2.19. The molecule has 0 fully saturated rings. The van der Waals surface area contributed by atoms with Gasteiger partial charge in [0.1, 0.15) is 5.75 Å². The molecule has 21 heavy (non-hydrogen) atoms. The van der Waals surface area contributed by atoms with E-state index in [0.29, 0.717) is 36.6 Å². The van der Waals surface area contributed by atoms with E-state index in [9.17, 15) is 9.59 Å². The van der Waals surface area contributed by atoms with Gasteiger partial charge in [0.15, 0.2) is 0 Å². The van der Waals surface area contributed by atoms with Crippen LogP contribution < -0.4 is 15.0 Å². The molecule has 0 bridgehead atoms. The van der Waals surface area contributed by atoms with E-state index < -0.39 is 0 Å². The normalized spacial score (nSPS) is 15.0. The van der Waals surface area contributed by atoms with E-state index in [0.717, 1.165) is 0 Å². The molecule has 1 aliphatic rings. The zero-order valence-corrected chi connectivity index (χ0v) is 13.0. The van der Waals surface area contributed by atoms with E-state index in [1.807, 2.05) is 20.8 Å². The Bertz CT molecular complexity index is 561. The van der Waals surface area contributed by atoms with Crippen LogP contribution in [0.4, 0.5) is 11.4 Å². The first-order valence-electron chi connectivity index (χ1n) is 7.09. The van der Waals surface area contributed by atoms with Crippen LogP contribution >= 0.6 is 0 Å². The van der Waals surface area contributed by atoms with Crippen molar-refractivity contribution in [2.75, 3.05) is 23.9 Å². The fraction of sp³-hybridized carbons (Fsp3) is 0.500. The first-order valence-corrected chi connectivity index (χ1v) is 7.09. The molecule has 2 amide bonds. The van der Waals surface area contributed by atoms with E-state index in [-0.39, 0.29) is 17.2 Å². The van der Waals surface area contributed by atoms with Crippen molar-refractivity contribution in [3.8, 4) is 5.75 Å². The lowest BCUT2D eigenvalue weighted by Crippen LogP contribution is -2.25. The fourth-order valence-electron chi connectivity index (χ4n) is 2.22. The molecule has 0 aromatic heterocycles. The van der Waals surface area contributed by atoms with Gasteiger partial charge >= 0.3 is 0 Å². The number of ether oxygens (including phenoxy) is 1. The molecule has 0 saturated heterocycles. The molecule has 5 nitrogen and oxygen atoms in total. The number of carbonyl (C=O) groups is 2. The van der Waals surface area contributed by atoms with Crippen LogP contribution in [0.1, 0.15) is 33.6 Å². The van der Waals surface area contributed by atoms with Crippen LogP contribution in [0.25, 0.3) is 0 Å². The van der Waals surface area contributed by atoms with Crippen molar-refractivity contribution in [3.63, 3.8) is 0 Å². The van der Waals surface area contributed by atoms with Gasteiger partial charge in [-0.15, -0.1) is 0 Å². The summed E-state index contributed by atoms with van der Waals surface area (Å²) in [5.74, 6) is 0.634. The maximum atomic E-state index is 12.0. The van der Waals surface area contributed by atoms with Crippen molar-refractivity contribution >= 4 is 23.2 Å². The molecule has 0 aliphatic carbocycles. The van der Waals surface area contributed by atoms with Gasteiger partial charge in [0.05, 0.1) is 18.7 Å². The number of nitrogens with zero attached hydrogens (tertiary/aromatic N) is 1. The molecular formula is C16H22N2O3. The topological polar surface area (TPSA) is 58.6 Å². The fourth-order valence-corrected chi connectivity index (χ4v) is 2.22. The summed E-state index contributed by atoms with van der Waals surface area (Å²) in [6.45, 7) is 6.43. The van der Waals surface area contributed by atoms with Crippen LogP contribution in [-0.4, -0.2) is 25.5 Å². The molecule has 5 heteroatoms. The highest BCUT2D eigenvalue weighted by atomic mass is 16.5. The number of fused-ring (bicyclic) bond motifs is 1. The predicted octanol–water partition coefficient (Wildman–Crippen LogP) is 2.81. The molecule has 0 atom stereocenters. The Morgan fingerprint density at radius 3 is 2.76 bits per heavy atom. The number of hydrogen-bond donors (Lipinski definition) is 1. The number of hydrogen-bond acceptors (Lipinski definition) is 3. The highest BCUT2D eigenvalue weighted by molar-refractivity contribution is 5.97. The van der Waals surface area contributed by atoms with Gasteiger partial charge in [-0.25, -0.2) is 0 Å². The standard InChI is InChI=1S/C16H22N2O3/c1-16(2,3)10-14(19)17-11-5-6-13-12(9-11)18(4)15(20)7-8-21-13/h5-6,9H,7-8,10H2,1-4H3,(H,17,19). The highest BCUT2D eigenvalue weighted by Crippen LogP contribution is 2.33. The zero-order chi connectivity index (χ0) is 15.6. The summed E-state index contributed by atoms with van der Waals surface area (Å²) in [6.07, 6.45) is 0.798. The molecule has 1 aliphatic heterocycles. The lowest BCUT2D eigenvalue weighted by atomic mass is 9.92. The van der Waals surface area contributed by atoms with E-state index >= 15 is 0 Å². The predicted molar refractivity (Wildman–Crippen MR) is 82.7 cm³/mol. The smallest absolute Gasteiger partial charge is 0.230 e. The first kappa shape index (κ1) is 15.4. The number of amides is 2. The van der Waals surface area contributed by atoms with E-state index in [4.69, 9.17) is 4.74 Å². The number of benzene rings is 1.